The van der Waals surface area contributed by atoms with E-state index in [4.69, 9.17) is 0 Å². The molecule has 0 aliphatic heterocycles. The number of aryl methyl sites for hydroxylation is 1. The van der Waals surface area contributed by atoms with Gasteiger partial charge in [-0.15, -0.1) is 0 Å². The van der Waals surface area contributed by atoms with Crippen LogP contribution < -0.4 is 11.2 Å². The van der Waals surface area contributed by atoms with Crippen LogP contribution in [0.25, 0.3) is 11.0 Å². The summed E-state index contributed by atoms with van der Waals surface area (Å²) in [7, 11) is 0. The lowest BCUT2D eigenvalue weighted by molar-refractivity contribution is 0.0698. The lowest BCUT2D eigenvalue weighted by Gasteiger charge is -2.12. The number of nitrogens with one attached hydrogen (secondary N) is 1. The normalized spacial score (nSPS) is 11.2. The first-order valence-electron chi connectivity index (χ1n) is 6.19. The van der Waals surface area contributed by atoms with Gasteiger partial charge >= 0.3 is 11.7 Å². The Bertz CT molecular complexity index is 802. The van der Waals surface area contributed by atoms with Gasteiger partial charge in [-0.3, -0.25) is 14.3 Å². The lowest BCUT2D eigenvalue weighted by Crippen LogP contribution is -2.33. The molecule has 0 aliphatic carbocycles. The van der Waals surface area contributed by atoms with Crippen LogP contribution in [0.2, 0.25) is 0 Å². The van der Waals surface area contributed by atoms with Crippen LogP contribution in [0.4, 0.5) is 0 Å². The van der Waals surface area contributed by atoms with Crippen molar-refractivity contribution in [1.29, 1.82) is 0 Å². The van der Waals surface area contributed by atoms with Gasteiger partial charge in [0.15, 0.2) is 5.65 Å². The number of hydrogen-bond acceptors (Lipinski definition) is 4. The number of rotatable bonds is 3. The Balaban J connectivity index is 2.99. The maximum atomic E-state index is 11.9. The van der Waals surface area contributed by atoms with Gasteiger partial charge in [0, 0.05) is 12.2 Å². The van der Waals surface area contributed by atoms with Gasteiger partial charge in [-0.1, -0.05) is 13.8 Å². The molecule has 0 spiro atoms. The van der Waals surface area contributed by atoms with E-state index in [-0.39, 0.29) is 22.5 Å². The average molecular weight is 277 g/mol. The van der Waals surface area contributed by atoms with Crippen LogP contribution in [0.1, 0.15) is 29.9 Å². The van der Waals surface area contributed by atoms with Gasteiger partial charge in [0.1, 0.15) is 0 Å². The molecule has 0 fully saturated rings. The highest BCUT2D eigenvalue weighted by molar-refractivity contribution is 6.01. The molecule has 0 radical (unpaired) electrons. The van der Waals surface area contributed by atoms with E-state index < -0.39 is 17.2 Å². The zero-order chi connectivity index (χ0) is 15.0. The largest absolute Gasteiger partial charge is 0.478 e. The Labute approximate surface area is 113 Å². The van der Waals surface area contributed by atoms with Crippen LogP contribution in [-0.4, -0.2) is 25.6 Å². The number of hydrogen-bond donors (Lipinski definition) is 2. The number of fused-ring (bicyclic) bond motifs is 1. The topological polar surface area (TPSA) is 105 Å². The van der Waals surface area contributed by atoms with Gasteiger partial charge in [0.05, 0.1) is 10.9 Å². The van der Waals surface area contributed by atoms with Crippen LogP contribution >= 0.6 is 0 Å². The van der Waals surface area contributed by atoms with E-state index in [1.165, 1.54) is 10.6 Å². The Morgan fingerprint density at radius 1 is 1.45 bits per heavy atom. The SMILES string of the molecule is Cc1cc(C(=O)O)c2c(=O)[nH]c(=O)n(CC(C)C)c2n1. The molecule has 2 N–H and O–H groups in total. The summed E-state index contributed by atoms with van der Waals surface area (Å²) in [6, 6.07) is 1.32. The number of pyridine rings is 1. The molecule has 0 aromatic carbocycles. The van der Waals surface area contributed by atoms with E-state index >= 15 is 0 Å². The van der Waals surface area contributed by atoms with E-state index in [0.717, 1.165) is 0 Å². The van der Waals surface area contributed by atoms with Crippen molar-refractivity contribution >= 4 is 17.0 Å². The first-order valence-corrected chi connectivity index (χ1v) is 6.19. The molecule has 0 unspecified atom stereocenters. The minimum absolute atomic E-state index is 0.0663. The molecule has 0 saturated heterocycles. The molecule has 2 aromatic heterocycles. The predicted molar refractivity (Wildman–Crippen MR) is 73.2 cm³/mol. The highest BCUT2D eigenvalue weighted by atomic mass is 16.4. The van der Waals surface area contributed by atoms with E-state index in [0.29, 0.717) is 12.2 Å². The zero-order valence-corrected chi connectivity index (χ0v) is 11.4. The van der Waals surface area contributed by atoms with E-state index in [1.54, 1.807) is 6.92 Å². The van der Waals surface area contributed by atoms with Crippen LogP contribution in [0, 0.1) is 12.8 Å². The van der Waals surface area contributed by atoms with Crippen LogP contribution in [-0.2, 0) is 6.54 Å². The second kappa shape index (κ2) is 4.92. The van der Waals surface area contributed by atoms with E-state index in [1.807, 2.05) is 13.8 Å². The summed E-state index contributed by atoms with van der Waals surface area (Å²) in [6.45, 7) is 5.80. The van der Waals surface area contributed by atoms with Gasteiger partial charge in [0.2, 0.25) is 0 Å². The molecule has 7 heteroatoms. The second-order valence-electron chi connectivity index (χ2n) is 5.08. The lowest BCUT2D eigenvalue weighted by atomic mass is 10.1. The first-order chi connectivity index (χ1) is 9.31. The molecule has 0 aliphatic rings. The Hall–Kier alpha value is -2.44. The fourth-order valence-corrected chi connectivity index (χ4v) is 2.10. The average Bonchev–Trinajstić information content (AvgIpc) is 2.32. The fraction of sp³-hybridized carbons (Fsp3) is 0.385. The smallest absolute Gasteiger partial charge is 0.336 e. The number of aromatic amines is 1. The summed E-state index contributed by atoms with van der Waals surface area (Å²) in [6.07, 6.45) is 0. The number of nitrogens with zero attached hydrogens (tertiary/aromatic N) is 2. The maximum absolute atomic E-state index is 11.9. The minimum atomic E-state index is -1.22. The zero-order valence-electron chi connectivity index (χ0n) is 11.4. The van der Waals surface area contributed by atoms with E-state index in [9.17, 15) is 19.5 Å². The number of carboxylic acids is 1. The fourth-order valence-electron chi connectivity index (χ4n) is 2.10. The summed E-state index contributed by atoms with van der Waals surface area (Å²) in [5.41, 5.74) is -0.894. The minimum Gasteiger partial charge on any atom is -0.478 e. The van der Waals surface area contributed by atoms with Crippen LogP contribution in [0.3, 0.4) is 0 Å². The van der Waals surface area contributed by atoms with Gasteiger partial charge in [-0.05, 0) is 18.9 Å². The molecule has 2 rings (SSSR count). The Kier molecular flexibility index (Phi) is 3.44. The molecular weight excluding hydrogens is 262 g/mol. The molecule has 0 amide bonds. The highest BCUT2D eigenvalue weighted by Gasteiger charge is 2.18. The second-order valence-corrected chi connectivity index (χ2v) is 5.08. The molecule has 7 nitrogen and oxygen atoms in total. The third kappa shape index (κ3) is 2.34. The van der Waals surface area contributed by atoms with Crippen LogP contribution in [0.5, 0.6) is 0 Å². The Morgan fingerprint density at radius 3 is 2.65 bits per heavy atom. The maximum Gasteiger partial charge on any atom is 0.336 e. The van der Waals surface area contributed by atoms with Crippen molar-refractivity contribution in [2.24, 2.45) is 5.92 Å². The van der Waals surface area contributed by atoms with Gasteiger partial charge < -0.3 is 5.11 Å². The van der Waals surface area contributed by atoms with Crippen molar-refractivity contribution in [3.8, 4) is 0 Å². The molecule has 0 saturated carbocycles. The molecule has 106 valence electrons. The predicted octanol–water partition coefficient (Wildman–Crippen LogP) is 0.747. The standard InChI is InChI=1S/C13H15N3O4/c1-6(2)5-16-10-9(11(17)15-13(16)20)8(12(18)19)4-7(3)14-10/h4,6H,5H2,1-3H3,(H,18,19)(H,15,17,20). The third-order valence-electron chi connectivity index (χ3n) is 2.85. The summed E-state index contributed by atoms with van der Waals surface area (Å²) in [4.78, 5) is 41.4. The van der Waals surface area contributed by atoms with Gasteiger partial charge in [0.25, 0.3) is 5.56 Å². The Morgan fingerprint density at radius 2 is 2.10 bits per heavy atom. The number of aromatic carboxylic acids is 1. The van der Waals surface area contributed by atoms with Gasteiger partial charge in [-0.25, -0.2) is 14.6 Å². The van der Waals surface area contributed by atoms with Gasteiger partial charge in [-0.2, -0.15) is 0 Å². The summed E-state index contributed by atoms with van der Waals surface area (Å²) >= 11 is 0. The van der Waals surface area contributed by atoms with Crippen molar-refractivity contribution in [3.63, 3.8) is 0 Å². The molecule has 2 heterocycles. The summed E-state index contributed by atoms with van der Waals surface area (Å²) in [5.74, 6) is -1.07. The summed E-state index contributed by atoms with van der Waals surface area (Å²) < 4.78 is 1.31. The molecule has 0 atom stereocenters. The molecule has 2 aromatic rings. The number of H-pyrrole nitrogens is 1. The quantitative estimate of drug-likeness (QED) is 0.861. The molecule has 20 heavy (non-hydrogen) atoms. The van der Waals surface area contributed by atoms with Crippen molar-refractivity contribution in [2.45, 2.75) is 27.3 Å². The van der Waals surface area contributed by atoms with Crippen molar-refractivity contribution in [3.05, 3.63) is 38.2 Å². The monoisotopic (exact) mass is 277 g/mol. The van der Waals surface area contributed by atoms with Crippen molar-refractivity contribution < 1.29 is 9.90 Å². The summed E-state index contributed by atoms with van der Waals surface area (Å²) in [5, 5.41) is 9.14. The van der Waals surface area contributed by atoms with Crippen molar-refractivity contribution in [1.82, 2.24) is 14.5 Å². The van der Waals surface area contributed by atoms with Crippen LogP contribution in [0.15, 0.2) is 15.7 Å². The third-order valence-corrected chi connectivity index (χ3v) is 2.85. The number of carbonyl (C=O) groups is 1. The van der Waals surface area contributed by atoms with E-state index in [2.05, 4.69) is 9.97 Å². The number of carboxylic acid groups (broad SMARTS) is 1. The first kappa shape index (κ1) is 14.0. The number of aromatic nitrogens is 3. The molecular formula is C13H15N3O4. The molecule has 0 bridgehead atoms. The van der Waals surface area contributed by atoms with Crippen molar-refractivity contribution in [2.75, 3.05) is 0 Å². The highest BCUT2D eigenvalue weighted by Crippen LogP contribution is 2.14.